The quantitative estimate of drug-likeness (QED) is 0.905. The molecule has 1 atom stereocenters. The highest BCUT2D eigenvalue weighted by Gasteiger charge is 2.29. The van der Waals surface area contributed by atoms with Crippen molar-refractivity contribution in [1.82, 2.24) is 0 Å². The van der Waals surface area contributed by atoms with Gasteiger partial charge in [0.1, 0.15) is 11.9 Å². The van der Waals surface area contributed by atoms with E-state index in [1.165, 1.54) is 12.1 Å². The first-order valence-corrected chi connectivity index (χ1v) is 5.75. The van der Waals surface area contributed by atoms with Gasteiger partial charge in [-0.2, -0.15) is 0 Å². The molecule has 1 aromatic carbocycles. The smallest absolute Gasteiger partial charge is 0.166 e. The fourth-order valence-electron chi connectivity index (χ4n) is 1.45. The summed E-state index contributed by atoms with van der Waals surface area (Å²) in [6.07, 6.45) is -1.26. The molecule has 0 aromatic heterocycles. The van der Waals surface area contributed by atoms with Gasteiger partial charge in [-0.3, -0.25) is 4.79 Å². The summed E-state index contributed by atoms with van der Waals surface area (Å²) in [6.45, 7) is 5.26. The van der Waals surface area contributed by atoms with Crippen molar-refractivity contribution in [2.75, 3.05) is 0 Å². The molecule has 0 aliphatic rings. The van der Waals surface area contributed by atoms with Gasteiger partial charge in [-0.15, -0.1) is 0 Å². The van der Waals surface area contributed by atoms with Crippen LogP contribution in [0.4, 0.5) is 4.39 Å². The zero-order chi connectivity index (χ0) is 13.2. The Morgan fingerprint density at radius 2 is 2.06 bits per heavy atom. The van der Waals surface area contributed by atoms with Crippen molar-refractivity contribution in [3.63, 3.8) is 0 Å². The second-order valence-electron chi connectivity index (χ2n) is 5.12. The van der Waals surface area contributed by atoms with E-state index in [1.54, 1.807) is 26.8 Å². The van der Waals surface area contributed by atoms with Crippen molar-refractivity contribution >= 4 is 17.4 Å². The first-order chi connectivity index (χ1) is 7.73. The van der Waals surface area contributed by atoms with E-state index in [9.17, 15) is 14.3 Å². The van der Waals surface area contributed by atoms with Crippen LogP contribution in [0.1, 0.15) is 26.3 Å². The number of hydrogen-bond donors (Lipinski definition) is 1. The van der Waals surface area contributed by atoms with Crippen LogP contribution in [-0.2, 0) is 11.2 Å². The van der Waals surface area contributed by atoms with Crippen LogP contribution in [0.3, 0.4) is 0 Å². The molecule has 1 N–H and O–H groups in total. The molecular weight excluding hydrogens is 243 g/mol. The first-order valence-electron chi connectivity index (χ1n) is 5.37. The predicted octanol–water partition coefficient (Wildman–Crippen LogP) is 3.00. The first kappa shape index (κ1) is 14.1. The second kappa shape index (κ2) is 5.15. The molecule has 4 heteroatoms. The standard InChI is InChI=1S/C13H16ClFO2/c1-13(2,3)12(17)10(16)7-8-5-4-6-9(14)11(8)15/h4-6,12,17H,7H2,1-3H3. The summed E-state index contributed by atoms with van der Waals surface area (Å²) in [7, 11) is 0. The SMILES string of the molecule is CC(C)(C)C(O)C(=O)Cc1cccc(Cl)c1F. The number of Topliss-reactive ketones (excluding diaryl/α,β-unsaturated/α-hetero) is 1. The van der Waals surface area contributed by atoms with E-state index >= 15 is 0 Å². The van der Waals surface area contributed by atoms with Gasteiger partial charge >= 0.3 is 0 Å². The van der Waals surface area contributed by atoms with Crippen LogP contribution < -0.4 is 0 Å². The Kier molecular flexibility index (Phi) is 4.28. The molecule has 1 unspecified atom stereocenters. The molecule has 17 heavy (non-hydrogen) atoms. The molecule has 0 fully saturated rings. The molecule has 0 spiro atoms. The van der Waals surface area contributed by atoms with Crippen molar-refractivity contribution in [3.05, 3.63) is 34.6 Å². The van der Waals surface area contributed by atoms with E-state index in [-0.39, 0.29) is 17.0 Å². The normalized spacial score (nSPS) is 13.5. The van der Waals surface area contributed by atoms with Gasteiger partial charge in [-0.05, 0) is 17.0 Å². The van der Waals surface area contributed by atoms with Crippen LogP contribution in [0.2, 0.25) is 5.02 Å². The van der Waals surface area contributed by atoms with Crippen LogP contribution in [0, 0.1) is 11.2 Å². The summed E-state index contributed by atoms with van der Waals surface area (Å²) >= 11 is 5.62. The third kappa shape index (κ3) is 3.51. The molecule has 1 rings (SSSR count). The Labute approximate surface area is 105 Å². The highest BCUT2D eigenvalue weighted by Crippen LogP contribution is 2.23. The summed E-state index contributed by atoms with van der Waals surface area (Å²) in [5, 5.41) is 9.76. The van der Waals surface area contributed by atoms with E-state index in [0.717, 1.165) is 0 Å². The van der Waals surface area contributed by atoms with Crippen LogP contribution in [0.15, 0.2) is 18.2 Å². The monoisotopic (exact) mass is 258 g/mol. The zero-order valence-corrected chi connectivity index (χ0v) is 10.9. The van der Waals surface area contributed by atoms with Gasteiger partial charge < -0.3 is 5.11 Å². The number of aliphatic hydroxyl groups excluding tert-OH is 1. The van der Waals surface area contributed by atoms with Crippen molar-refractivity contribution < 1.29 is 14.3 Å². The van der Waals surface area contributed by atoms with Gasteiger partial charge in [-0.25, -0.2) is 4.39 Å². The summed E-state index contributed by atoms with van der Waals surface area (Å²) in [5.74, 6) is -0.998. The number of benzene rings is 1. The number of aliphatic hydroxyl groups is 1. The number of carbonyl (C=O) groups excluding carboxylic acids is 1. The molecular formula is C13H16ClFO2. The van der Waals surface area contributed by atoms with Crippen LogP contribution in [0.5, 0.6) is 0 Å². The van der Waals surface area contributed by atoms with Crippen LogP contribution >= 0.6 is 11.6 Å². The van der Waals surface area contributed by atoms with Crippen molar-refractivity contribution in [2.45, 2.75) is 33.3 Å². The fraction of sp³-hybridized carbons (Fsp3) is 0.462. The number of carbonyl (C=O) groups is 1. The molecule has 0 saturated carbocycles. The van der Waals surface area contributed by atoms with E-state index in [4.69, 9.17) is 11.6 Å². The van der Waals surface area contributed by atoms with E-state index < -0.39 is 23.1 Å². The molecule has 0 amide bonds. The number of ketones is 1. The van der Waals surface area contributed by atoms with Gasteiger partial charge in [0.05, 0.1) is 5.02 Å². The minimum Gasteiger partial charge on any atom is -0.385 e. The number of halogens is 2. The molecule has 1 aromatic rings. The summed E-state index contributed by atoms with van der Waals surface area (Å²) in [5.41, 5.74) is -0.336. The van der Waals surface area contributed by atoms with Gasteiger partial charge in [0, 0.05) is 6.42 Å². The van der Waals surface area contributed by atoms with Gasteiger partial charge in [-0.1, -0.05) is 44.5 Å². The summed E-state index contributed by atoms with van der Waals surface area (Å²) in [4.78, 5) is 11.8. The number of rotatable bonds is 3. The summed E-state index contributed by atoms with van der Waals surface area (Å²) in [6, 6.07) is 4.50. The Balaban J connectivity index is 2.86. The van der Waals surface area contributed by atoms with Crippen LogP contribution in [-0.4, -0.2) is 17.0 Å². The van der Waals surface area contributed by atoms with Crippen molar-refractivity contribution in [2.24, 2.45) is 5.41 Å². The Bertz CT molecular complexity index is 424. The molecule has 0 aliphatic carbocycles. The lowest BCUT2D eigenvalue weighted by molar-refractivity contribution is -0.131. The predicted molar refractivity (Wildman–Crippen MR) is 65.6 cm³/mol. The zero-order valence-electron chi connectivity index (χ0n) is 10.1. The highest BCUT2D eigenvalue weighted by atomic mass is 35.5. The third-order valence-corrected chi connectivity index (χ3v) is 2.81. The lowest BCUT2D eigenvalue weighted by Crippen LogP contribution is -2.35. The number of hydrogen-bond acceptors (Lipinski definition) is 2. The topological polar surface area (TPSA) is 37.3 Å². The van der Waals surface area contributed by atoms with E-state index in [2.05, 4.69) is 0 Å². The maximum Gasteiger partial charge on any atom is 0.166 e. The maximum atomic E-state index is 13.6. The Morgan fingerprint density at radius 3 is 2.59 bits per heavy atom. The average molecular weight is 259 g/mol. The van der Waals surface area contributed by atoms with Gasteiger partial charge in [0.15, 0.2) is 5.78 Å². The maximum absolute atomic E-state index is 13.6. The largest absolute Gasteiger partial charge is 0.385 e. The average Bonchev–Trinajstić information content (AvgIpc) is 2.22. The molecule has 0 heterocycles. The lowest BCUT2D eigenvalue weighted by atomic mass is 9.85. The minimum absolute atomic E-state index is 0.0134. The fourth-order valence-corrected chi connectivity index (χ4v) is 1.65. The Hall–Kier alpha value is -0.930. The lowest BCUT2D eigenvalue weighted by Gasteiger charge is -2.24. The third-order valence-electron chi connectivity index (χ3n) is 2.52. The Morgan fingerprint density at radius 1 is 1.47 bits per heavy atom. The molecule has 94 valence electrons. The van der Waals surface area contributed by atoms with Crippen molar-refractivity contribution in [3.8, 4) is 0 Å². The minimum atomic E-state index is -1.11. The van der Waals surface area contributed by atoms with E-state index in [1.807, 2.05) is 0 Å². The van der Waals surface area contributed by atoms with Gasteiger partial charge in [0.25, 0.3) is 0 Å². The van der Waals surface area contributed by atoms with E-state index in [0.29, 0.717) is 0 Å². The second-order valence-corrected chi connectivity index (χ2v) is 5.53. The molecule has 0 radical (unpaired) electrons. The van der Waals surface area contributed by atoms with Crippen LogP contribution in [0.25, 0.3) is 0 Å². The molecule has 0 saturated heterocycles. The summed E-state index contributed by atoms with van der Waals surface area (Å²) < 4.78 is 13.6. The van der Waals surface area contributed by atoms with Crippen molar-refractivity contribution in [1.29, 1.82) is 0 Å². The molecule has 2 nitrogen and oxygen atoms in total. The highest BCUT2D eigenvalue weighted by molar-refractivity contribution is 6.30. The molecule has 0 aliphatic heterocycles. The molecule has 0 bridgehead atoms. The van der Waals surface area contributed by atoms with Gasteiger partial charge in [0.2, 0.25) is 0 Å².